The fourth-order valence-corrected chi connectivity index (χ4v) is 1.40. The molecule has 1 rings (SSSR count). The van der Waals surface area contributed by atoms with Crippen molar-refractivity contribution in [3.63, 3.8) is 0 Å². The first-order valence-electron chi connectivity index (χ1n) is 4.36. The Kier molecular flexibility index (Phi) is 3.00. The fraction of sp³-hybridized carbons (Fsp3) is 0.750. The highest BCUT2D eigenvalue weighted by Crippen LogP contribution is 2.10. The molecule has 0 aromatic heterocycles. The molecule has 0 aliphatic carbocycles. The topological polar surface area (TPSA) is 61.4 Å². The number of carbonyl (C=O) groups excluding carboxylic acids is 2. The Bertz CT molecular complexity index is 227. The van der Waals surface area contributed by atoms with Crippen LogP contribution in [0.3, 0.4) is 0 Å². The molecule has 0 radical (unpaired) electrons. The smallest absolute Gasteiger partial charge is 0.261 e. The lowest BCUT2D eigenvalue weighted by molar-refractivity contribution is -0.142. The molecule has 0 spiro atoms. The average Bonchev–Trinajstić information content (AvgIpc) is 2.26. The van der Waals surface area contributed by atoms with Crippen LogP contribution in [-0.4, -0.2) is 36.0 Å². The van der Waals surface area contributed by atoms with Gasteiger partial charge in [-0.2, -0.15) is 0 Å². The van der Waals surface area contributed by atoms with Gasteiger partial charge in [-0.25, -0.2) is 10.4 Å². The number of imide groups is 1. The quantitative estimate of drug-likeness (QED) is 0.568. The van der Waals surface area contributed by atoms with E-state index in [0.29, 0.717) is 0 Å². The maximum absolute atomic E-state index is 11.5. The summed E-state index contributed by atoms with van der Waals surface area (Å²) in [5, 5.41) is 4.09. The summed E-state index contributed by atoms with van der Waals surface area (Å²) < 4.78 is 0. The summed E-state index contributed by atoms with van der Waals surface area (Å²) in [7, 11) is 1.56. The molecule has 1 saturated heterocycles. The molecule has 0 aromatic carbocycles. The summed E-state index contributed by atoms with van der Waals surface area (Å²) in [6.45, 7) is 3.89. The van der Waals surface area contributed by atoms with E-state index >= 15 is 0 Å². The van der Waals surface area contributed by atoms with Gasteiger partial charge in [0.15, 0.2) is 0 Å². The Labute approximate surface area is 77.4 Å². The van der Waals surface area contributed by atoms with Gasteiger partial charge in [0, 0.05) is 13.1 Å². The van der Waals surface area contributed by atoms with Crippen molar-refractivity contribution >= 4 is 11.8 Å². The van der Waals surface area contributed by atoms with Crippen LogP contribution in [0, 0.1) is 0 Å². The molecular formula is C8H15N3O2. The summed E-state index contributed by atoms with van der Waals surface area (Å²) in [5.74, 6) is -0.369. The van der Waals surface area contributed by atoms with Gasteiger partial charge in [-0.05, 0) is 0 Å². The van der Waals surface area contributed by atoms with Crippen LogP contribution in [0.5, 0.6) is 0 Å². The van der Waals surface area contributed by atoms with Crippen LogP contribution >= 0.6 is 0 Å². The van der Waals surface area contributed by atoms with E-state index < -0.39 is 0 Å². The van der Waals surface area contributed by atoms with Crippen LogP contribution in [0.2, 0.25) is 0 Å². The third-order valence-corrected chi connectivity index (χ3v) is 1.90. The van der Waals surface area contributed by atoms with Crippen molar-refractivity contribution < 1.29 is 9.59 Å². The van der Waals surface area contributed by atoms with Crippen molar-refractivity contribution in [2.75, 3.05) is 7.05 Å². The van der Waals surface area contributed by atoms with E-state index in [9.17, 15) is 9.59 Å². The lowest BCUT2D eigenvalue weighted by Crippen LogP contribution is -2.45. The summed E-state index contributed by atoms with van der Waals surface area (Å²) >= 11 is 0. The van der Waals surface area contributed by atoms with Crippen LogP contribution in [0.4, 0.5) is 0 Å². The molecule has 0 bridgehead atoms. The molecule has 1 fully saturated rings. The molecule has 1 aliphatic heterocycles. The Balaban J connectivity index is 2.62. The number of hydrogen-bond acceptors (Lipinski definition) is 4. The van der Waals surface area contributed by atoms with Crippen molar-refractivity contribution in [3.8, 4) is 0 Å². The number of hydrazine groups is 1. The summed E-state index contributed by atoms with van der Waals surface area (Å²) in [5.41, 5.74) is 2.56. The number of nitrogens with one attached hydrogen (secondary N) is 2. The van der Waals surface area contributed by atoms with Crippen molar-refractivity contribution in [1.82, 2.24) is 15.8 Å². The Morgan fingerprint density at radius 3 is 2.46 bits per heavy atom. The van der Waals surface area contributed by atoms with Crippen molar-refractivity contribution in [3.05, 3.63) is 0 Å². The zero-order valence-electron chi connectivity index (χ0n) is 8.13. The molecule has 5 nitrogen and oxygen atoms in total. The van der Waals surface area contributed by atoms with E-state index in [0.717, 1.165) is 5.01 Å². The normalized spacial score (nSPS) is 23.4. The summed E-state index contributed by atoms with van der Waals surface area (Å²) in [6, 6.07) is -0.154. The molecule has 0 saturated carbocycles. The lowest BCUT2D eigenvalue weighted by Gasteiger charge is -2.15. The highest BCUT2D eigenvalue weighted by Gasteiger charge is 2.37. The number of hydrogen-bond donors (Lipinski definition) is 2. The number of rotatable bonds is 3. The van der Waals surface area contributed by atoms with Crippen molar-refractivity contribution in [2.45, 2.75) is 32.4 Å². The lowest BCUT2D eigenvalue weighted by atomic mass is 10.2. The van der Waals surface area contributed by atoms with Gasteiger partial charge in [0.2, 0.25) is 5.91 Å². The molecule has 0 aromatic rings. The van der Waals surface area contributed by atoms with E-state index in [4.69, 9.17) is 0 Å². The van der Waals surface area contributed by atoms with E-state index in [1.165, 1.54) is 0 Å². The zero-order chi connectivity index (χ0) is 10.0. The van der Waals surface area contributed by atoms with Crippen molar-refractivity contribution in [1.29, 1.82) is 0 Å². The standard InChI is InChI=1S/C8H15N3O2/c1-5(2)10-6-4-7(12)11(9-3)8(6)13/h5-6,9-10H,4H2,1-3H3. The second-order valence-corrected chi connectivity index (χ2v) is 3.37. The number of carbonyl (C=O) groups is 2. The molecule has 74 valence electrons. The van der Waals surface area contributed by atoms with Gasteiger partial charge in [0.05, 0.1) is 12.5 Å². The predicted octanol–water partition coefficient (Wildman–Crippen LogP) is -0.754. The molecule has 2 N–H and O–H groups in total. The van der Waals surface area contributed by atoms with Gasteiger partial charge >= 0.3 is 0 Å². The minimum atomic E-state index is -0.361. The minimum Gasteiger partial charge on any atom is -0.303 e. The molecule has 1 aliphatic rings. The van der Waals surface area contributed by atoms with Gasteiger partial charge in [-0.1, -0.05) is 13.8 Å². The maximum atomic E-state index is 11.5. The molecule has 2 amide bonds. The number of nitrogens with zero attached hydrogens (tertiary/aromatic N) is 1. The van der Waals surface area contributed by atoms with Gasteiger partial charge in [0.1, 0.15) is 0 Å². The van der Waals surface area contributed by atoms with Crippen LogP contribution < -0.4 is 10.7 Å². The van der Waals surface area contributed by atoms with Crippen LogP contribution in [-0.2, 0) is 9.59 Å². The Morgan fingerprint density at radius 2 is 2.08 bits per heavy atom. The fourth-order valence-electron chi connectivity index (χ4n) is 1.40. The minimum absolute atomic E-state index is 0.175. The molecular weight excluding hydrogens is 170 g/mol. The molecule has 5 heteroatoms. The third kappa shape index (κ3) is 2.05. The van der Waals surface area contributed by atoms with Crippen LogP contribution in [0.1, 0.15) is 20.3 Å². The molecule has 1 atom stereocenters. The monoisotopic (exact) mass is 185 g/mol. The largest absolute Gasteiger partial charge is 0.303 e. The third-order valence-electron chi connectivity index (χ3n) is 1.90. The highest BCUT2D eigenvalue weighted by atomic mass is 16.2. The van der Waals surface area contributed by atoms with E-state index in [1.54, 1.807) is 7.05 Å². The highest BCUT2D eigenvalue weighted by molar-refractivity contribution is 6.04. The average molecular weight is 185 g/mol. The first-order valence-corrected chi connectivity index (χ1v) is 4.36. The molecule has 1 heterocycles. The summed E-state index contributed by atoms with van der Waals surface area (Å²) in [4.78, 5) is 22.7. The molecule has 1 unspecified atom stereocenters. The first-order chi connectivity index (χ1) is 6.06. The SMILES string of the molecule is CNN1C(=O)CC(NC(C)C)C1=O. The van der Waals surface area contributed by atoms with E-state index in [2.05, 4.69) is 10.7 Å². The first kappa shape index (κ1) is 10.1. The second kappa shape index (κ2) is 3.85. The Hall–Kier alpha value is -0.940. The van der Waals surface area contributed by atoms with E-state index in [1.807, 2.05) is 13.8 Å². The van der Waals surface area contributed by atoms with Gasteiger partial charge in [0.25, 0.3) is 5.91 Å². The van der Waals surface area contributed by atoms with E-state index in [-0.39, 0.29) is 30.3 Å². The summed E-state index contributed by atoms with van der Waals surface area (Å²) in [6.07, 6.45) is 0.248. The maximum Gasteiger partial charge on any atom is 0.261 e. The second-order valence-electron chi connectivity index (χ2n) is 3.37. The van der Waals surface area contributed by atoms with Gasteiger partial charge < -0.3 is 5.32 Å². The Morgan fingerprint density at radius 1 is 1.46 bits per heavy atom. The van der Waals surface area contributed by atoms with Crippen LogP contribution in [0.15, 0.2) is 0 Å². The van der Waals surface area contributed by atoms with Gasteiger partial charge in [-0.3, -0.25) is 9.59 Å². The van der Waals surface area contributed by atoms with Gasteiger partial charge in [-0.15, -0.1) is 0 Å². The zero-order valence-corrected chi connectivity index (χ0v) is 8.13. The molecule has 13 heavy (non-hydrogen) atoms. The van der Waals surface area contributed by atoms with Crippen LogP contribution in [0.25, 0.3) is 0 Å². The van der Waals surface area contributed by atoms with Crippen molar-refractivity contribution in [2.24, 2.45) is 0 Å². The predicted molar refractivity (Wildman–Crippen MR) is 47.6 cm³/mol. The number of amides is 2.